The van der Waals surface area contributed by atoms with Gasteiger partial charge < -0.3 is 9.30 Å². The van der Waals surface area contributed by atoms with E-state index in [1.807, 2.05) is 35.0 Å². The minimum absolute atomic E-state index is 0.0169. The van der Waals surface area contributed by atoms with E-state index in [4.69, 9.17) is 11.6 Å². The quantitative estimate of drug-likeness (QED) is 0.645. The number of carbonyl (C=O) groups excluding carboxylic acids is 1. The maximum Gasteiger partial charge on any atom is 0.255 e. The molecule has 1 aromatic carbocycles. The summed E-state index contributed by atoms with van der Waals surface area (Å²) in [4.78, 5) is 21.6. The average Bonchev–Trinajstić information content (AvgIpc) is 3.16. The number of nitrogens with one attached hydrogen (secondary N) is 1. The summed E-state index contributed by atoms with van der Waals surface area (Å²) in [5.74, 6) is -0.263. The van der Waals surface area contributed by atoms with Gasteiger partial charge in [-0.05, 0) is 37.4 Å². The van der Waals surface area contributed by atoms with E-state index in [2.05, 4.69) is 14.6 Å². The van der Waals surface area contributed by atoms with E-state index in [-0.39, 0.29) is 21.4 Å². The fourth-order valence-corrected chi connectivity index (χ4v) is 4.48. The maximum atomic E-state index is 13.0. The van der Waals surface area contributed by atoms with Gasteiger partial charge in [0.15, 0.2) is 0 Å². The topological polar surface area (TPSA) is 87.0 Å². The Balaban J connectivity index is 1.42. The number of carbonyl (C=O) groups is 1. The molecule has 0 bridgehead atoms. The second-order valence-corrected chi connectivity index (χ2v) is 9.41. The molecule has 1 aliphatic heterocycles. The normalized spacial score (nSPS) is 15.6. The van der Waals surface area contributed by atoms with Crippen molar-refractivity contribution in [1.29, 1.82) is 0 Å². The summed E-state index contributed by atoms with van der Waals surface area (Å²) in [7, 11) is -2.33. The highest BCUT2D eigenvalue weighted by Crippen LogP contribution is 2.23. The molecule has 10 heteroatoms. The first kappa shape index (κ1) is 20.8. The zero-order valence-electron chi connectivity index (χ0n) is 16.5. The third-order valence-electron chi connectivity index (χ3n) is 5.21. The van der Waals surface area contributed by atoms with E-state index in [9.17, 15) is 13.2 Å². The van der Waals surface area contributed by atoms with Gasteiger partial charge >= 0.3 is 0 Å². The Hall–Kier alpha value is -2.46. The number of nitrogens with zero attached hydrogens (tertiary/aromatic N) is 4. The van der Waals surface area contributed by atoms with Gasteiger partial charge in [0.25, 0.3) is 5.91 Å². The summed E-state index contributed by atoms with van der Waals surface area (Å²) in [5.41, 5.74) is 2.09. The predicted octanol–water partition coefficient (Wildman–Crippen LogP) is 1.85. The zero-order chi connectivity index (χ0) is 21.3. The van der Waals surface area contributed by atoms with Crippen LogP contribution in [0.5, 0.6) is 0 Å². The number of pyridine rings is 1. The van der Waals surface area contributed by atoms with Gasteiger partial charge in [-0.25, -0.2) is 18.1 Å². The molecule has 8 nitrogen and oxygen atoms in total. The maximum absolute atomic E-state index is 13.0. The number of piperazine rings is 1. The molecule has 2 aromatic heterocycles. The van der Waals surface area contributed by atoms with Crippen LogP contribution in [0.1, 0.15) is 16.1 Å². The Kier molecular flexibility index (Phi) is 5.79. The van der Waals surface area contributed by atoms with Crippen LogP contribution >= 0.6 is 11.6 Å². The van der Waals surface area contributed by atoms with Gasteiger partial charge in [0.05, 0.1) is 21.2 Å². The molecule has 1 saturated heterocycles. The van der Waals surface area contributed by atoms with Crippen molar-refractivity contribution in [3.63, 3.8) is 0 Å². The first-order valence-electron chi connectivity index (χ1n) is 9.55. The van der Waals surface area contributed by atoms with Gasteiger partial charge in [-0.15, -0.1) is 0 Å². The summed E-state index contributed by atoms with van der Waals surface area (Å²) in [5, 5.41) is 0.238. The van der Waals surface area contributed by atoms with Gasteiger partial charge in [-0.2, -0.15) is 0 Å². The van der Waals surface area contributed by atoms with Crippen molar-refractivity contribution in [1.82, 2.24) is 23.9 Å². The van der Waals surface area contributed by atoms with Crippen molar-refractivity contribution in [3.05, 3.63) is 65.1 Å². The fraction of sp³-hybridized carbons (Fsp3) is 0.300. The smallest absolute Gasteiger partial charge is 0.255 e. The predicted molar refractivity (Wildman–Crippen MR) is 114 cm³/mol. The van der Waals surface area contributed by atoms with Crippen molar-refractivity contribution in [2.45, 2.75) is 11.4 Å². The third kappa shape index (κ3) is 4.20. The molecule has 3 heterocycles. The van der Waals surface area contributed by atoms with Crippen molar-refractivity contribution in [3.8, 4) is 0 Å². The van der Waals surface area contributed by atoms with Crippen molar-refractivity contribution >= 4 is 33.2 Å². The van der Waals surface area contributed by atoms with Crippen LogP contribution in [0.25, 0.3) is 5.65 Å². The Bertz CT molecular complexity index is 1150. The third-order valence-corrected chi connectivity index (χ3v) is 6.95. The number of benzene rings is 1. The standard InChI is InChI=1S/C20H22ClN5O3S/c1-22-30(28,29)16-5-6-18(21)17(12-16)20(27)25-10-8-24(9-11-25)13-15-14-26-7-3-2-4-19(26)23-15/h2-7,12,14,22H,8-11,13H2,1H3. The number of hydrogen-bond donors (Lipinski definition) is 1. The Morgan fingerprint density at radius 2 is 1.93 bits per heavy atom. The van der Waals surface area contributed by atoms with Crippen LogP contribution in [0.4, 0.5) is 0 Å². The number of sulfonamides is 1. The summed E-state index contributed by atoms with van der Waals surface area (Å²) in [6.07, 6.45) is 3.98. The molecule has 0 radical (unpaired) electrons. The van der Waals surface area contributed by atoms with Crippen molar-refractivity contribution < 1.29 is 13.2 Å². The van der Waals surface area contributed by atoms with Crippen LogP contribution in [-0.2, 0) is 16.6 Å². The van der Waals surface area contributed by atoms with E-state index in [1.165, 1.54) is 25.2 Å². The highest BCUT2D eigenvalue weighted by atomic mass is 35.5. The van der Waals surface area contributed by atoms with Crippen LogP contribution in [0.2, 0.25) is 5.02 Å². The lowest BCUT2D eigenvalue weighted by molar-refractivity contribution is 0.0627. The highest BCUT2D eigenvalue weighted by Gasteiger charge is 2.25. The number of hydrogen-bond acceptors (Lipinski definition) is 5. The highest BCUT2D eigenvalue weighted by molar-refractivity contribution is 7.89. The van der Waals surface area contributed by atoms with E-state index in [1.54, 1.807) is 4.90 Å². The molecule has 30 heavy (non-hydrogen) atoms. The summed E-state index contributed by atoms with van der Waals surface area (Å²) in [6, 6.07) is 10.0. The fourth-order valence-electron chi connectivity index (χ4n) is 3.53. The molecule has 0 atom stereocenters. The number of aromatic nitrogens is 2. The lowest BCUT2D eigenvalue weighted by Crippen LogP contribution is -2.48. The summed E-state index contributed by atoms with van der Waals surface area (Å²) < 4.78 is 28.3. The van der Waals surface area contributed by atoms with Crippen LogP contribution < -0.4 is 4.72 Å². The van der Waals surface area contributed by atoms with Crippen LogP contribution in [-0.4, -0.2) is 66.7 Å². The van der Waals surface area contributed by atoms with Crippen molar-refractivity contribution in [2.75, 3.05) is 33.2 Å². The molecular formula is C20H22ClN5O3S. The lowest BCUT2D eigenvalue weighted by Gasteiger charge is -2.34. The van der Waals surface area contributed by atoms with E-state index in [0.29, 0.717) is 32.7 Å². The molecular weight excluding hydrogens is 426 g/mol. The van der Waals surface area contributed by atoms with Crippen LogP contribution in [0.15, 0.2) is 53.7 Å². The van der Waals surface area contributed by atoms with Crippen molar-refractivity contribution in [2.24, 2.45) is 0 Å². The summed E-state index contributed by atoms with van der Waals surface area (Å²) in [6.45, 7) is 3.18. The Labute approximate surface area is 180 Å². The molecule has 3 aromatic rings. The first-order valence-corrected chi connectivity index (χ1v) is 11.4. The number of amides is 1. The summed E-state index contributed by atoms with van der Waals surface area (Å²) >= 11 is 6.19. The lowest BCUT2D eigenvalue weighted by atomic mass is 10.1. The van der Waals surface area contributed by atoms with E-state index >= 15 is 0 Å². The number of imidazole rings is 1. The van der Waals surface area contributed by atoms with Gasteiger partial charge in [0.2, 0.25) is 10.0 Å². The number of rotatable bonds is 5. The Morgan fingerprint density at radius 3 is 2.63 bits per heavy atom. The molecule has 1 amide bonds. The monoisotopic (exact) mass is 447 g/mol. The molecule has 1 aliphatic rings. The van der Waals surface area contributed by atoms with Gasteiger partial charge in [0.1, 0.15) is 5.65 Å². The first-order chi connectivity index (χ1) is 14.4. The number of fused-ring (bicyclic) bond motifs is 1. The minimum atomic E-state index is -3.65. The second-order valence-electron chi connectivity index (χ2n) is 7.12. The Morgan fingerprint density at radius 1 is 1.17 bits per heavy atom. The van der Waals surface area contributed by atoms with Gasteiger partial charge in [-0.1, -0.05) is 17.7 Å². The number of halogens is 1. The SMILES string of the molecule is CNS(=O)(=O)c1ccc(Cl)c(C(=O)N2CCN(Cc3cn4ccccc4n3)CC2)c1. The average molecular weight is 448 g/mol. The largest absolute Gasteiger partial charge is 0.336 e. The second kappa shape index (κ2) is 8.35. The molecule has 1 N–H and O–H groups in total. The van der Waals surface area contributed by atoms with Crippen LogP contribution in [0.3, 0.4) is 0 Å². The molecule has 0 spiro atoms. The molecule has 158 valence electrons. The molecule has 0 saturated carbocycles. The zero-order valence-corrected chi connectivity index (χ0v) is 18.0. The van der Waals surface area contributed by atoms with Crippen LogP contribution in [0, 0.1) is 0 Å². The molecule has 0 aliphatic carbocycles. The van der Waals surface area contributed by atoms with E-state index in [0.717, 1.165) is 11.3 Å². The molecule has 4 rings (SSSR count). The molecule has 1 fully saturated rings. The van der Waals surface area contributed by atoms with Gasteiger partial charge in [0, 0.05) is 45.1 Å². The van der Waals surface area contributed by atoms with E-state index < -0.39 is 10.0 Å². The molecule has 0 unspecified atom stereocenters. The van der Waals surface area contributed by atoms with Gasteiger partial charge in [-0.3, -0.25) is 9.69 Å². The minimum Gasteiger partial charge on any atom is -0.336 e.